The van der Waals surface area contributed by atoms with Crippen LogP contribution in [0.4, 0.5) is 5.69 Å². The van der Waals surface area contributed by atoms with Crippen LogP contribution in [0.3, 0.4) is 0 Å². The third-order valence-corrected chi connectivity index (χ3v) is 3.98. The van der Waals surface area contributed by atoms with E-state index in [-0.39, 0.29) is 5.91 Å². The Kier molecular flexibility index (Phi) is 4.95. The number of hydrogen-bond acceptors (Lipinski definition) is 4. The molecule has 0 unspecified atom stereocenters. The van der Waals surface area contributed by atoms with E-state index in [1.165, 1.54) is 0 Å². The molecule has 5 heteroatoms. The van der Waals surface area contributed by atoms with Crippen molar-refractivity contribution in [1.29, 1.82) is 0 Å². The molecule has 0 spiro atoms. The maximum Gasteiger partial charge on any atom is 0.272 e. The van der Waals surface area contributed by atoms with E-state index in [2.05, 4.69) is 22.2 Å². The van der Waals surface area contributed by atoms with E-state index in [1.807, 2.05) is 20.2 Å². The lowest BCUT2D eigenvalue weighted by molar-refractivity contribution is 0.0741. The fourth-order valence-corrected chi connectivity index (χ4v) is 2.61. The van der Waals surface area contributed by atoms with Gasteiger partial charge in [0.15, 0.2) is 0 Å². The van der Waals surface area contributed by atoms with E-state index in [9.17, 15) is 4.79 Å². The molecule has 0 bridgehead atoms. The molecule has 1 saturated heterocycles. The van der Waals surface area contributed by atoms with Crippen LogP contribution in [0, 0.1) is 5.92 Å². The SMILES string of the molecule is CNc1ccnc(C(=O)N(C)CC2CCN(C)CC2)c1. The van der Waals surface area contributed by atoms with E-state index in [0.717, 1.165) is 38.2 Å². The van der Waals surface area contributed by atoms with E-state index < -0.39 is 0 Å². The highest BCUT2D eigenvalue weighted by Crippen LogP contribution is 2.18. The summed E-state index contributed by atoms with van der Waals surface area (Å²) in [6, 6.07) is 3.65. The monoisotopic (exact) mass is 276 g/mol. The maximum atomic E-state index is 12.4. The van der Waals surface area contributed by atoms with E-state index in [1.54, 1.807) is 17.2 Å². The van der Waals surface area contributed by atoms with Gasteiger partial charge in [0.1, 0.15) is 5.69 Å². The summed E-state index contributed by atoms with van der Waals surface area (Å²) in [7, 11) is 5.86. The summed E-state index contributed by atoms with van der Waals surface area (Å²) in [6.45, 7) is 3.07. The van der Waals surface area contributed by atoms with Crippen molar-refractivity contribution in [1.82, 2.24) is 14.8 Å². The van der Waals surface area contributed by atoms with Crippen molar-refractivity contribution in [3.63, 3.8) is 0 Å². The molecule has 1 aromatic heterocycles. The quantitative estimate of drug-likeness (QED) is 0.906. The number of amides is 1. The minimum absolute atomic E-state index is 0.000952. The Hall–Kier alpha value is -1.62. The second-order valence-electron chi connectivity index (χ2n) is 5.61. The molecule has 1 aliphatic rings. The Balaban J connectivity index is 1.94. The highest BCUT2D eigenvalue weighted by Gasteiger charge is 2.21. The Labute approximate surface area is 121 Å². The number of piperidine rings is 1. The first-order chi connectivity index (χ1) is 9.60. The lowest BCUT2D eigenvalue weighted by Gasteiger charge is -2.31. The van der Waals surface area contributed by atoms with Crippen LogP contribution in [0.1, 0.15) is 23.3 Å². The van der Waals surface area contributed by atoms with Gasteiger partial charge in [-0.25, -0.2) is 0 Å². The lowest BCUT2D eigenvalue weighted by atomic mass is 9.96. The number of carbonyl (C=O) groups is 1. The fourth-order valence-electron chi connectivity index (χ4n) is 2.61. The molecule has 5 nitrogen and oxygen atoms in total. The number of aromatic nitrogens is 1. The number of anilines is 1. The Bertz CT molecular complexity index is 455. The van der Waals surface area contributed by atoms with Crippen molar-refractivity contribution in [2.45, 2.75) is 12.8 Å². The van der Waals surface area contributed by atoms with Gasteiger partial charge in [-0.3, -0.25) is 9.78 Å². The molecule has 0 aliphatic carbocycles. The van der Waals surface area contributed by atoms with Crippen molar-refractivity contribution in [3.8, 4) is 0 Å². The largest absolute Gasteiger partial charge is 0.388 e. The van der Waals surface area contributed by atoms with Gasteiger partial charge in [-0.05, 0) is 51.0 Å². The zero-order valence-corrected chi connectivity index (χ0v) is 12.6. The van der Waals surface area contributed by atoms with Crippen LogP contribution in [0.25, 0.3) is 0 Å². The Morgan fingerprint density at radius 2 is 2.20 bits per heavy atom. The number of rotatable bonds is 4. The first kappa shape index (κ1) is 14.8. The molecular formula is C15H24N4O. The van der Waals surface area contributed by atoms with Crippen LogP contribution in [0.5, 0.6) is 0 Å². The van der Waals surface area contributed by atoms with Gasteiger partial charge >= 0.3 is 0 Å². The first-order valence-electron chi connectivity index (χ1n) is 7.18. The first-order valence-corrected chi connectivity index (χ1v) is 7.18. The van der Waals surface area contributed by atoms with Gasteiger partial charge in [0.05, 0.1) is 0 Å². The molecule has 1 aromatic rings. The third-order valence-electron chi connectivity index (χ3n) is 3.98. The number of likely N-dealkylation sites (tertiary alicyclic amines) is 1. The van der Waals surface area contributed by atoms with Crippen LogP contribution in [0.2, 0.25) is 0 Å². The van der Waals surface area contributed by atoms with E-state index >= 15 is 0 Å². The number of nitrogens with one attached hydrogen (secondary N) is 1. The number of carbonyl (C=O) groups excluding carboxylic acids is 1. The molecule has 2 heterocycles. The summed E-state index contributed by atoms with van der Waals surface area (Å²) in [5.41, 5.74) is 1.42. The van der Waals surface area contributed by atoms with Gasteiger partial charge in [0, 0.05) is 32.5 Å². The van der Waals surface area contributed by atoms with Gasteiger partial charge in [-0.2, -0.15) is 0 Å². The van der Waals surface area contributed by atoms with Crippen molar-refractivity contribution in [2.75, 3.05) is 46.1 Å². The smallest absolute Gasteiger partial charge is 0.272 e. The van der Waals surface area contributed by atoms with Crippen LogP contribution >= 0.6 is 0 Å². The van der Waals surface area contributed by atoms with Gasteiger partial charge in [-0.1, -0.05) is 0 Å². The van der Waals surface area contributed by atoms with E-state index in [4.69, 9.17) is 0 Å². The predicted octanol–water partition coefficient (Wildman–Crippen LogP) is 1.54. The number of nitrogens with zero attached hydrogens (tertiary/aromatic N) is 3. The molecule has 1 amide bonds. The normalized spacial score (nSPS) is 16.9. The molecule has 1 N–H and O–H groups in total. The van der Waals surface area contributed by atoms with Gasteiger partial charge < -0.3 is 15.1 Å². The second kappa shape index (κ2) is 6.70. The Morgan fingerprint density at radius 1 is 1.50 bits per heavy atom. The molecule has 1 aliphatic heterocycles. The summed E-state index contributed by atoms with van der Waals surface area (Å²) in [5, 5.41) is 3.03. The molecule has 0 aromatic carbocycles. The topological polar surface area (TPSA) is 48.5 Å². The molecule has 0 saturated carbocycles. The van der Waals surface area contributed by atoms with Crippen LogP contribution < -0.4 is 5.32 Å². The highest BCUT2D eigenvalue weighted by molar-refractivity contribution is 5.92. The van der Waals surface area contributed by atoms with Crippen molar-refractivity contribution in [3.05, 3.63) is 24.0 Å². The Morgan fingerprint density at radius 3 is 2.85 bits per heavy atom. The van der Waals surface area contributed by atoms with Gasteiger partial charge in [0.2, 0.25) is 0 Å². The average molecular weight is 276 g/mol. The summed E-state index contributed by atoms with van der Waals surface area (Å²) in [4.78, 5) is 20.7. The van der Waals surface area contributed by atoms with Crippen molar-refractivity contribution in [2.24, 2.45) is 5.92 Å². The maximum absolute atomic E-state index is 12.4. The zero-order chi connectivity index (χ0) is 14.5. The predicted molar refractivity (Wildman–Crippen MR) is 81.0 cm³/mol. The second-order valence-corrected chi connectivity index (χ2v) is 5.61. The average Bonchev–Trinajstić information content (AvgIpc) is 2.48. The van der Waals surface area contributed by atoms with Gasteiger partial charge in [0.25, 0.3) is 5.91 Å². The minimum atomic E-state index is 0.000952. The minimum Gasteiger partial charge on any atom is -0.388 e. The summed E-state index contributed by atoms with van der Waals surface area (Å²) in [5.74, 6) is 0.605. The lowest BCUT2D eigenvalue weighted by Crippen LogP contribution is -2.38. The summed E-state index contributed by atoms with van der Waals surface area (Å²) in [6.07, 6.45) is 4.00. The van der Waals surface area contributed by atoms with Crippen molar-refractivity contribution < 1.29 is 4.79 Å². The van der Waals surface area contributed by atoms with Gasteiger partial charge in [-0.15, -0.1) is 0 Å². The summed E-state index contributed by atoms with van der Waals surface area (Å²) < 4.78 is 0. The molecule has 0 atom stereocenters. The molecular weight excluding hydrogens is 252 g/mol. The molecule has 20 heavy (non-hydrogen) atoms. The standard InChI is InChI=1S/C15H24N4O/c1-16-13-4-7-17-14(10-13)15(20)19(3)11-12-5-8-18(2)9-6-12/h4,7,10,12H,5-6,8-9,11H2,1-3H3,(H,16,17). The zero-order valence-electron chi connectivity index (χ0n) is 12.6. The number of pyridine rings is 1. The van der Waals surface area contributed by atoms with Crippen LogP contribution in [-0.2, 0) is 0 Å². The molecule has 0 radical (unpaired) electrons. The third kappa shape index (κ3) is 3.70. The summed E-state index contributed by atoms with van der Waals surface area (Å²) >= 11 is 0. The fraction of sp³-hybridized carbons (Fsp3) is 0.600. The molecule has 110 valence electrons. The highest BCUT2D eigenvalue weighted by atomic mass is 16.2. The molecule has 2 rings (SSSR count). The van der Waals surface area contributed by atoms with Crippen molar-refractivity contribution >= 4 is 11.6 Å². The van der Waals surface area contributed by atoms with Crippen LogP contribution in [-0.4, -0.2) is 61.5 Å². The number of hydrogen-bond donors (Lipinski definition) is 1. The van der Waals surface area contributed by atoms with Crippen LogP contribution in [0.15, 0.2) is 18.3 Å². The molecule has 1 fully saturated rings. The van der Waals surface area contributed by atoms with E-state index in [0.29, 0.717) is 11.6 Å².